The molecular weight excluding hydrogens is 210 g/mol. The van der Waals surface area contributed by atoms with E-state index in [2.05, 4.69) is 42.5 Å². The first-order valence-corrected chi connectivity index (χ1v) is 6.04. The normalized spacial score (nSPS) is 12.4. The molecule has 3 nitrogen and oxygen atoms in total. The zero-order valence-electron chi connectivity index (χ0n) is 10.7. The van der Waals surface area contributed by atoms with E-state index in [0.717, 1.165) is 19.5 Å². The first-order chi connectivity index (χ1) is 8.24. The van der Waals surface area contributed by atoms with Gasteiger partial charge >= 0.3 is 0 Å². The quantitative estimate of drug-likeness (QED) is 0.731. The molecule has 0 amide bonds. The lowest BCUT2D eigenvalue weighted by Crippen LogP contribution is -2.25. The molecule has 0 fully saturated rings. The Morgan fingerprint density at radius 2 is 2.00 bits per heavy atom. The standard InChI is InChI=1S/C14H21N3/c1-17(2)12-6-11-16-14(9-10-15)13-7-4-3-5-8-13/h3-5,7-8,14,16H,6,9,11-12H2,1-2H3. The molecule has 1 rings (SSSR count). The third kappa shape index (κ3) is 5.48. The minimum absolute atomic E-state index is 0.156. The van der Waals surface area contributed by atoms with Gasteiger partial charge in [-0.2, -0.15) is 5.26 Å². The van der Waals surface area contributed by atoms with Gasteiger partial charge in [0.25, 0.3) is 0 Å². The van der Waals surface area contributed by atoms with E-state index >= 15 is 0 Å². The van der Waals surface area contributed by atoms with Gasteiger partial charge in [-0.25, -0.2) is 0 Å². The molecule has 0 aliphatic carbocycles. The number of nitrogens with zero attached hydrogens (tertiary/aromatic N) is 2. The Morgan fingerprint density at radius 1 is 1.29 bits per heavy atom. The van der Waals surface area contributed by atoms with Gasteiger partial charge in [0.05, 0.1) is 12.5 Å². The molecule has 0 heterocycles. The lowest BCUT2D eigenvalue weighted by Gasteiger charge is -2.17. The predicted octanol–water partition coefficient (Wildman–Crippen LogP) is 2.18. The van der Waals surface area contributed by atoms with Crippen LogP contribution in [0.5, 0.6) is 0 Å². The van der Waals surface area contributed by atoms with Crippen LogP contribution in [-0.2, 0) is 0 Å². The fourth-order valence-electron chi connectivity index (χ4n) is 1.76. The van der Waals surface area contributed by atoms with Gasteiger partial charge in [0.2, 0.25) is 0 Å². The molecule has 1 N–H and O–H groups in total. The Hall–Kier alpha value is -1.37. The van der Waals surface area contributed by atoms with E-state index in [-0.39, 0.29) is 6.04 Å². The molecule has 1 unspecified atom stereocenters. The van der Waals surface area contributed by atoms with Gasteiger partial charge in [-0.1, -0.05) is 30.3 Å². The zero-order valence-corrected chi connectivity index (χ0v) is 10.7. The van der Waals surface area contributed by atoms with Crippen LogP contribution in [0.25, 0.3) is 0 Å². The third-order valence-corrected chi connectivity index (χ3v) is 2.67. The van der Waals surface area contributed by atoms with Crippen LogP contribution in [0.4, 0.5) is 0 Å². The maximum atomic E-state index is 8.84. The van der Waals surface area contributed by atoms with Crippen molar-refractivity contribution in [3.8, 4) is 6.07 Å². The molecule has 0 aliphatic heterocycles. The molecule has 0 aromatic heterocycles. The highest BCUT2D eigenvalue weighted by molar-refractivity contribution is 5.19. The van der Waals surface area contributed by atoms with Gasteiger partial charge in [0.15, 0.2) is 0 Å². The molecule has 1 atom stereocenters. The van der Waals surface area contributed by atoms with E-state index in [9.17, 15) is 0 Å². The number of hydrogen-bond donors (Lipinski definition) is 1. The Bertz CT molecular complexity index is 340. The Balaban J connectivity index is 2.42. The molecule has 17 heavy (non-hydrogen) atoms. The molecule has 0 saturated heterocycles. The maximum Gasteiger partial charge on any atom is 0.0641 e. The lowest BCUT2D eigenvalue weighted by atomic mass is 10.0. The van der Waals surface area contributed by atoms with Gasteiger partial charge in [0.1, 0.15) is 0 Å². The Morgan fingerprint density at radius 3 is 2.59 bits per heavy atom. The van der Waals surface area contributed by atoms with Crippen molar-refractivity contribution < 1.29 is 0 Å². The van der Waals surface area contributed by atoms with Crippen LogP contribution in [0, 0.1) is 11.3 Å². The van der Waals surface area contributed by atoms with Crippen LogP contribution in [0.3, 0.4) is 0 Å². The largest absolute Gasteiger partial charge is 0.309 e. The highest BCUT2D eigenvalue weighted by Gasteiger charge is 2.09. The number of hydrogen-bond acceptors (Lipinski definition) is 3. The minimum Gasteiger partial charge on any atom is -0.309 e. The topological polar surface area (TPSA) is 39.1 Å². The molecule has 0 radical (unpaired) electrons. The molecular formula is C14H21N3. The Kier molecular flexibility index (Phi) is 6.31. The summed E-state index contributed by atoms with van der Waals surface area (Å²) in [6.07, 6.45) is 1.62. The van der Waals surface area contributed by atoms with E-state index in [0.29, 0.717) is 6.42 Å². The van der Waals surface area contributed by atoms with Crippen molar-refractivity contribution in [2.24, 2.45) is 0 Å². The van der Waals surface area contributed by atoms with Gasteiger partial charge in [-0.05, 0) is 39.2 Å². The van der Waals surface area contributed by atoms with Crippen molar-refractivity contribution in [3.63, 3.8) is 0 Å². The minimum atomic E-state index is 0.156. The molecule has 3 heteroatoms. The van der Waals surface area contributed by atoms with Crippen LogP contribution in [0.2, 0.25) is 0 Å². The number of benzene rings is 1. The lowest BCUT2D eigenvalue weighted by molar-refractivity contribution is 0.387. The maximum absolute atomic E-state index is 8.84. The van der Waals surface area contributed by atoms with E-state index in [1.165, 1.54) is 5.56 Å². The van der Waals surface area contributed by atoms with Crippen molar-refractivity contribution in [2.45, 2.75) is 18.9 Å². The van der Waals surface area contributed by atoms with Crippen molar-refractivity contribution >= 4 is 0 Å². The van der Waals surface area contributed by atoms with Crippen LogP contribution < -0.4 is 5.32 Å². The van der Waals surface area contributed by atoms with E-state index in [1.807, 2.05) is 18.2 Å². The summed E-state index contributed by atoms with van der Waals surface area (Å²) < 4.78 is 0. The van der Waals surface area contributed by atoms with Crippen LogP contribution in [0.15, 0.2) is 30.3 Å². The summed E-state index contributed by atoms with van der Waals surface area (Å²) >= 11 is 0. The molecule has 0 saturated carbocycles. The summed E-state index contributed by atoms with van der Waals surface area (Å²) in [6, 6.07) is 12.6. The van der Waals surface area contributed by atoms with Gasteiger partial charge in [-0.3, -0.25) is 0 Å². The zero-order chi connectivity index (χ0) is 12.5. The fourth-order valence-corrected chi connectivity index (χ4v) is 1.76. The molecule has 0 bridgehead atoms. The summed E-state index contributed by atoms with van der Waals surface area (Å²) in [7, 11) is 4.15. The van der Waals surface area contributed by atoms with Crippen LogP contribution in [0.1, 0.15) is 24.4 Å². The summed E-state index contributed by atoms with van der Waals surface area (Å²) in [6.45, 7) is 2.01. The first kappa shape index (κ1) is 13.7. The van der Waals surface area contributed by atoms with E-state index in [1.54, 1.807) is 0 Å². The second-order valence-electron chi connectivity index (χ2n) is 4.44. The second kappa shape index (κ2) is 7.83. The van der Waals surface area contributed by atoms with Gasteiger partial charge in [-0.15, -0.1) is 0 Å². The highest BCUT2D eigenvalue weighted by Crippen LogP contribution is 2.15. The van der Waals surface area contributed by atoms with Gasteiger partial charge < -0.3 is 10.2 Å². The molecule has 92 valence electrons. The highest BCUT2D eigenvalue weighted by atomic mass is 15.1. The number of nitrogens with one attached hydrogen (secondary N) is 1. The molecule has 0 spiro atoms. The Labute approximate surface area is 104 Å². The number of nitriles is 1. The average molecular weight is 231 g/mol. The monoisotopic (exact) mass is 231 g/mol. The summed E-state index contributed by atoms with van der Waals surface area (Å²) in [5.41, 5.74) is 1.19. The van der Waals surface area contributed by atoms with Crippen molar-refractivity contribution in [1.82, 2.24) is 10.2 Å². The average Bonchev–Trinajstić information content (AvgIpc) is 2.34. The smallest absolute Gasteiger partial charge is 0.0641 e. The molecule has 0 aliphatic rings. The fraction of sp³-hybridized carbons (Fsp3) is 0.500. The predicted molar refractivity (Wildman–Crippen MR) is 70.6 cm³/mol. The van der Waals surface area contributed by atoms with Crippen LogP contribution in [-0.4, -0.2) is 32.1 Å². The molecule has 1 aromatic carbocycles. The van der Waals surface area contributed by atoms with Crippen LogP contribution >= 0.6 is 0 Å². The molecule has 1 aromatic rings. The van der Waals surface area contributed by atoms with E-state index in [4.69, 9.17) is 5.26 Å². The van der Waals surface area contributed by atoms with Crippen molar-refractivity contribution in [1.29, 1.82) is 5.26 Å². The first-order valence-electron chi connectivity index (χ1n) is 6.04. The third-order valence-electron chi connectivity index (χ3n) is 2.67. The SMILES string of the molecule is CN(C)CCCNC(CC#N)c1ccccc1. The van der Waals surface area contributed by atoms with Crippen molar-refractivity contribution in [3.05, 3.63) is 35.9 Å². The van der Waals surface area contributed by atoms with Crippen molar-refractivity contribution in [2.75, 3.05) is 27.2 Å². The number of rotatable bonds is 7. The summed E-state index contributed by atoms with van der Waals surface area (Å²) in [5.74, 6) is 0. The summed E-state index contributed by atoms with van der Waals surface area (Å²) in [5, 5.41) is 12.3. The summed E-state index contributed by atoms with van der Waals surface area (Å²) in [4.78, 5) is 2.17. The second-order valence-corrected chi connectivity index (χ2v) is 4.44. The van der Waals surface area contributed by atoms with Gasteiger partial charge in [0, 0.05) is 6.04 Å². The van der Waals surface area contributed by atoms with E-state index < -0.39 is 0 Å².